The van der Waals surface area contributed by atoms with E-state index in [1.165, 1.54) is 0 Å². The van der Waals surface area contributed by atoms with Crippen molar-refractivity contribution in [1.82, 2.24) is 4.72 Å². The minimum absolute atomic E-state index is 0.187. The Morgan fingerprint density at radius 3 is 2.20 bits per heavy atom. The Hall–Kier alpha value is 0.0900. The molecule has 0 amide bonds. The zero-order valence-corrected chi connectivity index (χ0v) is 10.0. The van der Waals surface area contributed by atoms with Crippen LogP contribution >= 0.6 is 0 Å². The van der Waals surface area contributed by atoms with Crippen LogP contribution in [0.1, 0.15) is 33.6 Å². The van der Waals surface area contributed by atoms with Gasteiger partial charge in [-0.1, -0.05) is 0 Å². The van der Waals surface area contributed by atoms with E-state index in [0.717, 1.165) is 0 Å². The van der Waals surface area contributed by atoms with Crippen LogP contribution in [0.5, 0.6) is 0 Å². The van der Waals surface area contributed by atoms with Crippen molar-refractivity contribution in [2.75, 3.05) is 0 Å². The summed E-state index contributed by atoms with van der Waals surface area (Å²) in [5.41, 5.74) is 4.17. The summed E-state index contributed by atoms with van der Waals surface area (Å²) in [6, 6.07) is -0.205. The number of halogens is 2. The van der Waals surface area contributed by atoms with Crippen LogP contribution < -0.4 is 10.5 Å². The smallest absolute Gasteiger partial charge is 0.260 e. The summed E-state index contributed by atoms with van der Waals surface area (Å²) >= 11 is -1.48. The van der Waals surface area contributed by atoms with E-state index in [1.54, 1.807) is 20.8 Å². The summed E-state index contributed by atoms with van der Waals surface area (Å²) in [6.45, 7) is 5.23. The first kappa shape index (κ1) is 13.2. The van der Waals surface area contributed by atoms with Crippen molar-refractivity contribution in [3.05, 3.63) is 0 Å². The molecule has 0 aromatic rings. The molecule has 0 spiro atoms. The predicted molar refractivity (Wildman–Crippen MR) is 57.0 cm³/mol. The Kier molecular flexibility index (Phi) is 3.65. The highest BCUT2D eigenvalue weighted by Crippen LogP contribution is 2.38. The summed E-state index contributed by atoms with van der Waals surface area (Å²) in [6.07, 6.45) is -2.15. The third-order valence-electron chi connectivity index (χ3n) is 2.52. The second kappa shape index (κ2) is 4.16. The third kappa shape index (κ3) is 2.81. The maximum Gasteiger partial charge on any atom is 0.260 e. The number of hydrogen-bond donors (Lipinski definition) is 2. The maximum absolute atomic E-state index is 12.8. The van der Waals surface area contributed by atoms with Gasteiger partial charge in [0.1, 0.15) is 10.3 Å². The Balaban J connectivity index is 2.62. The minimum Gasteiger partial charge on any atom is -0.598 e. The van der Waals surface area contributed by atoms with E-state index in [0.29, 0.717) is 0 Å². The van der Waals surface area contributed by atoms with Crippen LogP contribution in [0, 0.1) is 0 Å². The van der Waals surface area contributed by atoms with Gasteiger partial charge in [0.25, 0.3) is 6.43 Å². The molecular weight excluding hydrogens is 222 g/mol. The lowest BCUT2D eigenvalue weighted by Crippen LogP contribution is -2.67. The highest BCUT2D eigenvalue weighted by molar-refractivity contribution is 7.90. The summed E-state index contributed by atoms with van der Waals surface area (Å²) in [7, 11) is 0. The fourth-order valence-electron chi connectivity index (χ4n) is 1.52. The van der Waals surface area contributed by atoms with Gasteiger partial charge < -0.3 is 10.3 Å². The molecule has 0 saturated heterocycles. The molecule has 1 rings (SSSR count). The van der Waals surface area contributed by atoms with Crippen LogP contribution in [0.3, 0.4) is 0 Å². The topological polar surface area (TPSA) is 61.1 Å². The second-order valence-electron chi connectivity index (χ2n) is 5.11. The van der Waals surface area contributed by atoms with Crippen LogP contribution in [0.15, 0.2) is 0 Å². The monoisotopic (exact) mass is 240 g/mol. The largest absolute Gasteiger partial charge is 0.598 e. The van der Waals surface area contributed by atoms with Gasteiger partial charge in [-0.15, -0.1) is 4.72 Å². The lowest BCUT2D eigenvalue weighted by Gasteiger charge is -2.46. The van der Waals surface area contributed by atoms with Crippen molar-refractivity contribution >= 4 is 11.4 Å². The quantitative estimate of drug-likeness (QED) is 0.728. The highest BCUT2D eigenvalue weighted by atomic mass is 32.2. The molecule has 1 fully saturated rings. The Labute approximate surface area is 92.1 Å². The molecule has 1 unspecified atom stereocenters. The fraction of sp³-hybridized carbons (Fsp3) is 1.00. The van der Waals surface area contributed by atoms with Crippen molar-refractivity contribution in [2.45, 2.75) is 56.4 Å². The lowest BCUT2D eigenvalue weighted by atomic mass is 9.74. The molecule has 15 heavy (non-hydrogen) atoms. The molecule has 0 aliphatic heterocycles. The molecule has 3 nitrogen and oxygen atoms in total. The highest BCUT2D eigenvalue weighted by Gasteiger charge is 2.54. The Bertz CT molecular complexity index is 227. The summed E-state index contributed by atoms with van der Waals surface area (Å²) < 4.78 is 39.3. The standard InChI is InChI=1S/C9H18F2N2OS/c1-8(2,3)15(14)13-9(7(10)11)4-6(12)5-9/h6-7,13H,4-5,12H2,1-3H3/t6-,9+,15?. The summed E-state index contributed by atoms with van der Waals surface area (Å²) in [5.74, 6) is 0. The molecule has 0 radical (unpaired) electrons. The first-order valence-electron chi connectivity index (χ1n) is 4.91. The van der Waals surface area contributed by atoms with Gasteiger partial charge in [-0.3, -0.25) is 0 Å². The van der Waals surface area contributed by atoms with E-state index in [4.69, 9.17) is 5.73 Å². The van der Waals surface area contributed by atoms with Crippen molar-refractivity contribution < 1.29 is 13.3 Å². The van der Waals surface area contributed by atoms with Crippen LogP contribution in [-0.4, -0.2) is 27.3 Å². The van der Waals surface area contributed by atoms with Gasteiger partial charge in [0, 0.05) is 17.4 Å². The molecular formula is C9H18F2N2OS. The van der Waals surface area contributed by atoms with E-state index in [1.807, 2.05) is 0 Å². The van der Waals surface area contributed by atoms with Crippen molar-refractivity contribution in [3.8, 4) is 0 Å². The number of alkyl halides is 2. The van der Waals surface area contributed by atoms with Gasteiger partial charge in [-0.2, -0.15) is 0 Å². The maximum atomic E-state index is 12.8. The van der Waals surface area contributed by atoms with Crippen LogP contribution in [0.4, 0.5) is 8.78 Å². The van der Waals surface area contributed by atoms with Gasteiger partial charge in [0.15, 0.2) is 0 Å². The molecule has 3 N–H and O–H groups in total. The number of hydrogen-bond acceptors (Lipinski definition) is 3. The molecule has 1 saturated carbocycles. The zero-order valence-electron chi connectivity index (χ0n) is 9.22. The van der Waals surface area contributed by atoms with Crippen molar-refractivity contribution in [2.24, 2.45) is 5.73 Å². The van der Waals surface area contributed by atoms with Gasteiger partial charge in [-0.05, 0) is 33.6 Å². The number of nitrogens with two attached hydrogens (primary N) is 1. The SMILES string of the molecule is CC(C)(C)[S+]([O-])N[C@]1(C(F)F)C[C@H](N)C1. The van der Waals surface area contributed by atoms with E-state index >= 15 is 0 Å². The van der Waals surface area contributed by atoms with Gasteiger partial charge in [0.2, 0.25) is 0 Å². The number of rotatable bonds is 3. The second-order valence-corrected chi connectivity index (χ2v) is 7.07. The molecule has 90 valence electrons. The molecule has 6 heteroatoms. The summed E-state index contributed by atoms with van der Waals surface area (Å²) in [4.78, 5) is 0. The first-order chi connectivity index (χ1) is 6.67. The van der Waals surface area contributed by atoms with Gasteiger partial charge in [0.05, 0.1) is 0 Å². The average molecular weight is 240 g/mol. The van der Waals surface area contributed by atoms with E-state index in [2.05, 4.69) is 4.72 Å². The minimum atomic E-state index is -2.52. The molecule has 0 heterocycles. The van der Waals surface area contributed by atoms with Crippen LogP contribution in [0.2, 0.25) is 0 Å². The normalized spacial score (nSPS) is 34.0. The first-order valence-corrected chi connectivity index (χ1v) is 6.06. The molecule has 0 aromatic heterocycles. The van der Waals surface area contributed by atoms with Crippen LogP contribution in [-0.2, 0) is 11.4 Å². The predicted octanol–water partition coefficient (Wildman–Crippen LogP) is 1.16. The molecule has 0 bridgehead atoms. The van der Waals surface area contributed by atoms with E-state index in [9.17, 15) is 13.3 Å². The number of nitrogens with one attached hydrogen (secondary N) is 1. The Morgan fingerprint density at radius 1 is 1.47 bits per heavy atom. The molecule has 1 aliphatic rings. The third-order valence-corrected chi connectivity index (χ3v) is 4.23. The average Bonchev–Trinajstić information content (AvgIpc) is 1.98. The fourth-order valence-corrected chi connectivity index (χ4v) is 2.45. The zero-order chi connectivity index (χ0) is 11.9. The van der Waals surface area contributed by atoms with Gasteiger partial charge >= 0.3 is 0 Å². The van der Waals surface area contributed by atoms with Gasteiger partial charge in [-0.25, -0.2) is 8.78 Å². The lowest BCUT2D eigenvalue weighted by molar-refractivity contribution is -0.0139. The van der Waals surface area contributed by atoms with Crippen molar-refractivity contribution in [3.63, 3.8) is 0 Å². The van der Waals surface area contributed by atoms with Crippen molar-refractivity contribution in [1.29, 1.82) is 0 Å². The van der Waals surface area contributed by atoms with Crippen LogP contribution in [0.25, 0.3) is 0 Å². The Morgan fingerprint density at radius 2 is 1.93 bits per heavy atom. The van der Waals surface area contributed by atoms with E-state index in [-0.39, 0.29) is 18.9 Å². The summed E-state index contributed by atoms with van der Waals surface area (Å²) in [5, 5.41) is 0. The van der Waals surface area contributed by atoms with E-state index < -0.39 is 28.1 Å². The molecule has 0 aromatic carbocycles. The molecule has 1 atom stereocenters. The molecule has 1 aliphatic carbocycles.